The van der Waals surface area contributed by atoms with E-state index in [9.17, 15) is 9.18 Å². The zero-order valence-electron chi connectivity index (χ0n) is 11.2. The van der Waals surface area contributed by atoms with E-state index in [0.717, 1.165) is 5.56 Å². The number of aliphatic carboxylic acids is 1. The lowest BCUT2D eigenvalue weighted by Gasteiger charge is -2.33. The van der Waals surface area contributed by atoms with Crippen LogP contribution in [-0.2, 0) is 4.79 Å². The topological polar surface area (TPSA) is 49.3 Å². The van der Waals surface area contributed by atoms with Crippen LogP contribution in [0.15, 0.2) is 18.2 Å². The lowest BCUT2D eigenvalue weighted by Crippen LogP contribution is -2.34. The second-order valence-electron chi connectivity index (χ2n) is 5.29. The van der Waals surface area contributed by atoms with E-state index in [0.29, 0.717) is 5.56 Å². The second-order valence-corrected chi connectivity index (χ2v) is 5.29. The van der Waals surface area contributed by atoms with Crippen LogP contribution in [0.5, 0.6) is 0 Å². The molecule has 1 aromatic rings. The maximum atomic E-state index is 13.3. The largest absolute Gasteiger partial charge is 0.481 e. The number of rotatable bonds is 5. The number of aryl methyl sites for hydroxylation is 1. The van der Waals surface area contributed by atoms with Gasteiger partial charge in [-0.2, -0.15) is 0 Å². The third kappa shape index (κ3) is 3.29. The first-order chi connectivity index (χ1) is 8.27. The Morgan fingerprint density at radius 1 is 1.50 bits per heavy atom. The normalized spacial score (nSPS) is 13.4. The van der Waals surface area contributed by atoms with E-state index in [1.54, 1.807) is 26.1 Å². The molecule has 0 aliphatic heterocycles. The molecule has 0 spiro atoms. The summed E-state index contributed by atoms with van der Waals surface area (Å²) in [5.41, 5.74) is 1.02. The first kappa shape index (κ1) is 14.6. The second kappa shape index (κ2) is 5.48. The molecule has 1 aromatic carbocycles. The summed E-state index contributed by atoms with van der Waals surface area (Å²) in [6.45, 7) is 5.48. The van der Waals surface area contributed by atoms with Crippen LogP contribution in [0, 0.1) is 18.2 Å². The molecule has 0 saturated carbocycles. The Labute approximate surface area is 107 Å². The van der Waals surface area contributed by atoms with Crippen molar-refractivity contribution in [1.29, 1.82) is 0 Å². The van der Waals surface area contributed by atoms with Crippen molar-refractivity contribution in [3.8, 4) is 0 Å². The van der Waals surface area contributed by atoms with Crippen LogP contribution in [0.1, 0.15) is 37.4 Å². The average Bonchev–Trinajstić information content (AvgIpc) is 2.21. The number of nitrogens with one attached hydrogen (secondary N) is 1. The molecule has 1 rings (SSSR count). The minimum atomic E-state index is -0.834. The molecule has 0 aliphatic rings. The zero-order valence-corrected chi connectivity index (χ0v) is 11.2. The summed E-state index contributed by atoms with van der Waals surface area (Å²) in [6.07, 6.45) is 0.0505. The van der Waals surface area contributed by atoms with Crippen LogP contribution in [0.4, 0.5) is 4.39 Å². The van der Waals surface area contributed by atoms with Gasteiger partial charge >= 0.3 is 5.97 Å². The van der Waals surface area contributed by atoms with E-state index in [4.69, 9.17) is 5.11 Å². The SMILES string of the molecule is CNC(c1ccc(F)c(C)c1)C(C)(C)CC(=O)O. The zero-order chi connectivity index (χ0) is 13.9. The minimum absolute atomic E-state index is 0.0505. The number of halogens is 1. The predicted molar refractivity (Wildman–Crippen MR) is 69.0 cm³/mol. The smallest absolute Gasteiger partial charge is 0.303 e. The van der Waals surface area contributed by atoms with Crippen molar-refractivity contribution < 1.29 is 14.3 Å². The summed E-state index contributed by atoms with van der Waals surface area (Å²) in [5.74, 6) is -1.08. The highest BCUT2D eigenvalue weighted by molar-refractivity contribution is 5.67. The van der Waals surface area contributed by atoms with Gasteiger partial charge in [0.1, 0.15) is 5.82 Å². The third-order valence-corrected chi connectivity index (χ3v) is 3.19. The summed E-state index contributed by atoms with van der Waals surface area (Å²) < 4.78 is 13.3. The van der Waals surface area contributed by atoms with Gasteiger partial charge in [0, 0.05) is 6.04 Å². The van der Waals surface area contributed by atoms with E-state index in [2.05, 4.69) is 5.32 Å². The van der Waals surface area contributed by atoms with Crippen molar-refractivity contribution >= 4 is 5.97 Å². The fourth-order valence-corrected chi connectivity index (χ4v) is 2.35. The van der Waals surface area contributed by atoms with Gasteiger partial charge in [0.25, 0.3) is 0 Å². The molecule has 0 fully saturated rings. The molecule has 0 amide bonds. The Balaban J connectivity index is 3.08. The van der Waals surface area contributed by atoms with Gasteiger partial charge in [-0.15, -0.1) is 0 Å². The Bertz CT molecular complexity index is 443. The van der Waals surface area contributed by atoms with Crippen LogP contribution in [0.25, 0.3) is 0 Å². The molecule has 100 valence electrons. The number of benzene rings is 1. The third-order valence-electron chi connectivity index (χ3n) is 3.19. The van der Waals surface area contributed by atoms with Crippen molar-refractivity contribution in [2.45, 2.75) is 33.2 Å². The average molecular weight is 253 g/mol. The maximum absolute atomic E-state index is 13.3. The molecule has 4 heteroatoms. The Kier molecular flexibility index (Phi) is 4.46. The molecule has 1 atom stereocenters. The summed E-state index contributed by atoms with van der Waals surface area (Å²) in [5, 5.41) is 12.1. The fourth-order valence-electron chi connectivity index (χ4n) is 2.35. The first-order valence-electron chi connectivity index (χ1n) is 5.93. The molecule has 1 unspecified atom stereocenters. The van der Waals surface area contributed by atoms with Crippen molar-refractivity contribution in [2.75, 3.05) is 7.05 Å². The Morgan fingerprint density at radius 2 is 2.11 bits per heavy atom. The fraction of sp³-hybridized carbons (Fsp3) is 0.500. The highest BCUT2D eigenvalue weighted by Gasteiger charge is 2.32. The number of carboxylic acids is 1. The maximum Gasteiger partial charge on any atom is 0.303 e. The molecule has 2 N–H and O–H groups in total. The van der Waals surface area contributed by atoms with E-state index < -0.39 is 11.4 Å². The molecule has 0 heterocycles. The highest BCUT2D eigenvalue weighted by atomic mass is 19.1. The molecule has 0 bridgehead atoms. The summed E-state index contributed by atoms with van der Waals surface area (Å²) in [6, 6.07) is 4.76. The molecular weight excluding hydrogens is 233 g/mol. The van der Waals surface area contributed by atoms with Gasteiger partial charge in [-0.1, -0.05) is 26.0 Å². The number of hydrogen-bond donors (Lipinski definition) is 2. The molecular formula is C14H20FNO2. The Morgan fingerprint density at radius 3 is 2.56 bits per heavy atom. The summed E-state index contributed by atoms with van der Waals surface area (Å²) in [7, 11) is 1.78. The number of hydrogen-bond acceptors (Lipinski definition) is 2. The van der Waals surface area contributed by atoms with Gasteiger partial charge < -0.3 is 10.4 Å². The summed E-state index contributed by atoms with van der Waals surface area (Å²) >= 11 is 0. The number of carboxylic acid groups (broad SMARTS) is 1. The molecule has 18 heavy (non-hydrogen) atoms. The lowest BCUT2D eigenvalue weighted by atomic mass is 9.77. The van der Waals surface area contributed by atoms with Crippen molar-refractivity contribution in [2.24, 2.45) is 5.41 Å². The highest BCUT2D eigenvalue weighted by Crippen LogP contribution is 2.36. The van der Waals surface area contributed by atoms with Crippen molar-refractivity contribution in [1.82, 2.24) is 5.32 Å². The monoisotopic (exact) mass is 253 g/mol. The van der Waals surface area contributed by atoms with E-state index in [1.807, 2.05) is 13.8 Å². The number of carbonyl (C=O) groups is 1. The van der Waals surface area contributed by atoms with Crippen LogP contribution < -0.4 is 5.32 Å². The van der Waals surface area contributed by atoms with Gasteiger partial charge in [0.15, 0.2) is 0 Å². The molecule has 0 radical (unpaired) electrons. The van der Waals surface area contributed by atoms with Gasteiger partial charge in [0.2, 0.25) is 0 Å². The van der Waals surface area contributed by atoms with Crippen LogP contribution in [0.3, 0.4) is 0 Å². The molecule has 3 nitrogen and oxygen atoms in total. The van der Waals surface area contributed by atoms with Gasteiger partial charge in [-0.25, -0.2) is 4.39 Å². The standard InChI is InChI=1S/C14H20FNO2/c1-9-7-10(5-6-11(9)15)13(16-4)14(2,3)8-12(17)18/h5-7,13,16H,8H2,1-4H3,(H,17,18). The van der Waals surface area contributed by atoms with E-state index in [-0.39, 0.29) is 18.3 Å². The quantitative estimate of drug-likeness (QED) is 0.848. The summed E-state index contributed by atoms with van der Waals surface area (Å²) in [4.78, 5) is 10.9. The van der Waals surface area contributed by atoms with Crippen molar-refractivity contribution in [3.63, 3.8) is 0 Å². The minimum Gasteiger partial charge on any atom is -0.481 e. The molecule has 0 aromatic heterocycles. The van der Waals surface area contributed by atoms with Gasteiger partial charge in [-0.3, -0.25) is 4.79 Å². The van der Waals surface area contributed by atoms with E-state index in [1.165, 1.54) is 6.07 Å². The predicted octanol–water partition coefficient (Wildman–Crippen LogP) is 2.90. The molecule has 0 saturated heterocycles. The van der Waals surface area contributed by atoms with Crippen LogP contribution in [-0.4, -0.2) is 18.1 Å². The van der Waals surface area contributed by atoms with Gasteiger partial charge in [0.05, 0.1) is 6.42 Å². The van der Waals surface area contributed by atoms with E-state index >= 15 is 0 Å². The lowest BCUT2D eigenvalue weighted by molar-refractivity contribution is -0.139. The Hall–Kier alpha value is -1.42. The van der Waals surface area contributed by atoms with Crippen molar-refractivity contribution in [3.05, 3.63) is 35.1 Å². The van der Waals surface area contributed by atoms with Crippen LogP contribution >= 0.6 is 0 Å². The molecule has 0 aliphatic carbocycles. The first-order valence-corrected chi connectivity index (χ1v) is 5.93. The van der Waals surface area contributed by atoms with Gasteiger partial charge in [-0.05, 0) is 36.6 Å². The van der Waals surface area contributed by atoms with Crippen LogP contribution in [0.2, 0.25) is 0 Å².